The number of carbonyl (C=O) groups excluding carboxylic acids is 1. The van der Waals surface area contributed by atoms with E-state index in [0.29, 0.717) is 15.7 Å². The maximum absolute atomic E-state index is 12.4. The molecule has 2 aromatic rings. The van der Waals surface area contributed by atoms with Crippen molar-refractivity contribution in [3.8, 4) is 0 Å². The first-order chi connectivity index (χ1) is 12.1. The number of hydrogen-bond acceptors (Lipinski definition) is 3. The minimum atomic E-state index is -0.122. The second-order valence-electron chi connectivity index (χ2n) is 8.20. The van der Waals surface area contributed by atoms with Crippen molar-refractivity contribution in [1.82, 2.24) is 4.98 Å². The number of nitrogens with zero attached hydrogens (tertiary/aromatic N) is 1. The molecule has 130 valence electrons. The van der Waals surface area contributed by atoms with E-state index in [1.807, 2.05) is 0 Å². The molecule has 6 rings (SSSR count). The molecule has 0 unspecified atom stereocenters. The summed E-state index contributed by atoms with van der Waals surface area (Å²) < 4.78 is 0. The van der Waals surface area contributed by atoms with Crippen molar-refractivity contribution in [2.75, 3.05) is 5.32 Å². The Labute approximate surface area is 156 Å². The Hall–Kier alpha value is -1.39. The van der Waals surface area contributed by atoms with Crippen LogP contribution in [0.25, 0.3) is 0 Å². The van der Waals surface area contributed by atoms with Gasteiger partial charge in [-0.2, -0.15) is 0 Å². The summed E-state index contributed by atoms with van der Waals surface area (Å²) in [4.78, 5) is 17.2. The van der Waals surface area contributed by atoms with Crippen LogP contribution in [0.5, 0.6) is 0 Å². The zero-order valence-electron chi connectivity index (χ0n) is 14.0. The van der Waals surface area contributed by atoms with E-state index in [1.54, 1.807) is 35.6 Å². The van der Waals surface area contributed by atoms with Gasteiger partial charge in [0.1, 0.15) is 0 Å². The molecule has 3 nitrogen and oxygen atoms in total. The van der Waals surface area contributed by atoms with Gasteiger partial charge in [0.05, 0.1) is 5.69 Å². The van der Waals surface area contributed by atoms with Crippen LogP contribution in [0.4, 0.5) is 5.13 Å². The molecule has 1 N–H and O–H groups in total. The maximum atomic E-state index is 12.4. The van der Waals surface area contributed by atoms with Crippen molar-refractivity contribution in [2.24, 2.45) is 17.8 Å². The van der Waals surface area contributed by atoms with Gasteiger partial charge in [-0.3, -0.25) is 10.1 Å². The first kappa shape index (κ1) is 15.8. The summed E-state index contributed by atoms with van der Waals surface area (Å²) >= 11 is 7.44. The Morgan fingerprint density at radius 3 is 2.28 bits per heavy atom. The lowest BCUT2D eigenvalue weighted by Gasteiger charge is -2.56. The van der Waals surface area contributed by atoms with E-state index in [0.717, 1.165) is 17.8 Å². The molecule has 0 saturated heterocycles. The number of nitrogens with one attached hydrogen (secondary N) is 1. The number of anilines is 1. The summed E-state index contributed by atoms with van der Waals surface area (Å²) in [6.45, 7) is 0. The quantitative estimate of drug-likeness (QED) is 0.771. The molecule has 5 heteroatoms. The molecule has 1 amide bonds. The number of hydrogen-bond donors (Lipinski definition) is 1. The van der Waals surface area contributed by atoms with Crippen molar-refractivity contribution >= 4 is 34.0 Å². The largest absolute Gasteiger partial charge is 0.298 e. The molecule has 4 bridgehead atoms. The van der Waals surface area contributed by atoms with Crippen LogP contribution < -0.4 is 5.32 Å². The number of carbonyl (C=O) groups is 1. The van der Waals surface area contributed by atoms with E-state index in [4.69, 9.17) is 16.6 Å². The predicted molar refractivity (Wildman–Crippen MR) is 101 cm³/mol. The third-order valence-corrected chi connectivity index (χ3v) is 7.42. The van der Waals surface area contributed by atoms with Crippen LogP contribution in [0.3, 0.4) is 0 Å². The molecule has 4 saturated carbocycles. The van der Waals surface area contributed by atoms with Gasteiger partial charge >= 0.3 is 0 Å². The fourth-order valence-corrected chi connectivity index (χ4v) is 6.72. The van der Waals surface area contributed by atoms with Crippen molar-refractivity contribution in [1.29, 1.82) is 0 Å². The number of thiazole rings is 1. The van der Waals surface area contributed by atoms with Gasteiger partial charge in [-0.25, -0.2) is 4.98 Å². The predicted octanol–water partition coefficient (Wildman–Crippen LogP) is 5.52. The second kappa shape index (κ2) is 5.82. The van der Waals surface area contributed by atoms with E-state index in [9.17, 15) is 4.79 Å². The number of halogens is 1. The van der Waals surface area contributed by atoms with Crippen LogP contribution >= 0.6 is 22.9 Å². The Balaban J connectivity index is 1.35. The number of rotatable bonds is 3. The van der Waals surface area contributed by atoms with Gasteiger partial charge < -0.3 is 0 Å². The van der Waals surface area contributed by atoms with E-state index in [-0.39, 0.29) is 11.3 Å². The Morgan fingerprint density at radius 1 is 1.08 bits per heavy atom. The van der Waals surface area contributed by atoms with Crippen molar-refractivity contribution in [3.63, 3.8) is 0 Å². The molecule has 1 aromatic heterocycles. The van der Waals surface area contributed by atoms with Gasteiger partial charge in [0, 0.05) is 21.4 Å². The van der Waals surface area contributed by atoms with Crippen LogP contribution in [0.2, 0.25) is 5.02 Å². The summed E-state index contributed by atoms with van der Waals surface area (Å²) in [7, 11) is 0. The van der Waals surface area contributed by atoms with Crippen molar-refractivity contribution < 1.29 is 4.79 Å². The van der Waals surface area contributed by atoms with Gasteiger partial charge in [-0.1, -0.05) is 11.6 Å². The molecule has 1 heterocycles. The fraction of sp³-hybridized carbons (Fsp3) is 0.500. The van der Waals surface area contributed by atoms with Crippen LogP contribution in [-0.2, 0) is 5.41 Å². The molecule has 0 aliphatic heterocycles. The zero-order chi connectivity index (χ0) is 17.0. The van der Waals surface area contributed by atoms with Crippen LogP contribution in [0.1, 0.15) is 54.6 Å². The first-order valence-electron chi connectivity index (χ1n) is 9.13. The van der Waals surface area contributed by atoms with Crippen LogP contribution in [-0.4, -0.2) is 10.9 Å². The molecule has 0 spiro atoms. The van der Waals surface area contributed by atoms with Gasteiger partial charge in [0.15, 0.2) is 5.13 Å². The highest BCUT2D eigenvalue weighted by molar-refractivity contribution is 7.14. The van der Waals surface area contributed by atoms with E-state index in [2.05, 4.69) is 10.7 Å². The van der Waals surface area contributed by atoms with E-state index in [1.165, 1.54) is 44.2 Å². The Kier molecular flexibility index (Phi) is 3.68. The third kappa shape index (κ3) is 2.80. The summed E-state index contributed by atoms with van der Waals surface area (Å²) in [5, 5.41) is 6.49. The number of benzene rings is 1. The van der Waals surface area contributed by atoms with Gasteiger partial charge in [0.2, 0.25) is 0 Å². The van der Waals surface area contributed by atoms with E-state index >= 15 is 0 Å². The van der Waals surface area contributed by atoms with Crippen LogP contribution in [0.15, 0.2) is 29.6 Å². The summed E-state index contributed by atoms with van der Waals surface area (Å²) in [6.07, 6.45) is 8.20. The fourth-order valence-electron chi connectivity index (χ4n) is 5.77. The first-order valence-corrected chi connectivity index (χ1v) is 10.4. The van der Waals surface area contributed by atoms with E-state index < -0.39 is 0 Å². The normalized spacial score (nSPS) is 32.8. The van der Waals surface area contributed by atoms with Gasteiger partial charge in [-0.05, 0) is 80.5 Å². The zero-order valence-corrected chi connectivity index (χ0v) is 15.6. The smallest absolute Gasteiger partial charge is 0.257 e. The molecule has 25 heavy (non-hydrogen) atoms. The monoisotopic (exact) mass is 372 g/mol. The summed E-state index contributed by atoms with van der Waals surface area (Å²) in [5.41, 5.74) is 2.12. The molecule has 0 atom stereocenters. The van der Waals surface area contributed by atoms with Crippen molar-refractivity contribution in [3.05, 3.63) is 45.9 Å². The highest BCUT2D eigenvalue weighted by Crippen LogP contribution is 2.60. The maximum Gasteiger partial charge on any atom is 0.257 e. The minimum absolute atomic E-state index is 0.122. The molecule has 4 aliphatic rings. The highest BCUT2D eigenvalue weighted by Gasteiger charge is 2.52. The standard InChI is InChI=1S/C20H21ClN2OS/c21-16-3-1-15(2-4-16)18(24)23-19-22-17(11-25-19)20-8-12-5-13(9-20)7-14(6-12)10-20/h1-4,11-14H,5-10H2,(H,22,23,24). The molecular formula is C20H21ClN2OS. The number of amides is 1. The average Bonchev–Trinajstić information content (AvgIpc) is 3.03. The topological polar surface area (TPSA) is 42.0 Å². The third-order valence-electron chi connectivity index (χ3n) is 6.41. The summed E-state index contributed by atoms with van der Waals surface area (Å²) in [6, 6.07) is 6.95. The minimum Gasteiger partial charge on any atom is -0.298 e. The van der Waals surface area contributed by atoms with Gasteiger partial charge in [0.25, 0.3) is 5.91 Å². The summed E-state index contributed by atoms with van der Waals surface area (Å²) in [5.74, 6) is 2.59. The molecule has 0 radical (unpaired) electrons. The average molecular weight is 373 g/mol. The highest BCUT2D eigenvalue weighted by atomic mass is 35.5. The second-order valence-corrected chi connectivity index (χ2v) is 9.49. The molecule has 1 aromatic carbocycles. The number of aromatic nitrogens is 1. The lowest BCUT2D eigenvalue weighted by atomic mass is 9.49. The molecule has 4 fully saturated rings. The van der Waals surface area contributed by atoms with Gasteiger partial charge in [-0.15, -0.1) is 11.3 Å². The Morgan fingerprint density at radius 2 is 1.68 bits per heavy atom. The van der Waals surface area contributed by atoms with Crippen LogP contribution in [0, 0.1) is 17.8 Å². The lowest BCUT2D eigenvalue weighted by Crippen LogP contribution is -2.48. The lowest BCUT2D eigenvalue weighted by molar-refractivity contribution is -0.00688. The SMILES string of the molecule is O=C(Nc1nc(C23CC4CC(CC(C4)C2)C3)cs1)c1ccc(Cl)cc1. The molecular weight excluding hydrogens is 352 g/mol. The Bertz CT molecular complexity index is 778. The molecule has 4 aliphatic carbocycles. The van der Waals surface area contributed by atoms with Crippen molar-refractivity contribution in [2.45, 2.75) is 43.9 Å².